The second kappa shape index (κ2) is 7.06. The van der Waals surface area contributed by atoms with Crippen molar-refractivity contribution in [2.45, 2.75) is 19.0 Å². The van der Waals surface area contributed by atoms with E-state index in [1.807, 2.05) is 0 Å². The minimum absolute atomic E-state index is 0.339. The summed E-state index contributed by atoms with van der Waals surface area (Å²) in [7, 11) is 0. The molecule has 1 aromatic carbocycles. The Hall–Kier alpha value is -1.67. The molecule has 0 aromatic heterocycles. The Labute approximate surface area is 125 Å². The number of hydrogen-bond acceptors (Lipinski definition) is 4. The maximum atomic E-state index is 12.6. The molecule has 0 aliphatic carbocycles. The van der Waals surface area contributed by atoms with Gasteiger partial charge in [-0.1, -0.05) is 6.07 Å². The lowest BCUT2D eigenvalue weighted by Crippen LogP contribution is -2.36. The van der Waals surface area contributed by atoms with Crippen LogP contribution in [0.1, 0.15) is 17.5 Å². The van der Waals surface area contributed by atoms with E-state index >= 15 is 0 Å². The average molecular weight is 318 g/mol. The van der Waals surface area contributed by atoms with Gasteiger partial charge in [0.2, 0.25) is 0 Å². The third-order valence-corrected chi connectivity index (χ3v) is 3.63. The number of rotatable bonds is 5. The monoisotopic (exact) mass is 318 g/mol. The fourth-order valence-electron chi connectivity index (χ4n) is 2.44. The predicted molar refractivity (Wildman–Crippen MR) is 73.7 cm³/mol. The van der Waals surface area contributed by atoms with Crippen LogP contribution >= 0.6 is 0 Å². The molecule has 0 bridgehead atoms. The molecule has 0 atom stereocenters. The van der Waals surface area contributed by atoms with Crippen molar-refractivity contribution in [3.8, 4) is 0 Å². The van der Waals surface area contributed by atoms with Gasteiger partial charge in [0.25, 0.3) is 5.69 Å². The lowest BCUT2D eigenvalue weighted by atomic mass is 10.0. The van der Waals surface area contributed by atoms with Crippen LogP contribution in [-0.4, -0.2) is 42.7 Å². The number of nitro groups is 1. The van der Waals surface area contributed by atoms with Crippen molar-refractivity contribution >= 4 is 5.69 Å². The molecular formula is C14H17F3N2O3. The van der Waals surface area contributed by atoms with Crippen LogP contribution in [0.15, 0.2) is 18.2 Å². The van der Waals surface area contributed by atoms with Gasteiger partial charge in [0.05, 0.1) is 23.7 Å². The van der Waals surface area contributed by atoms with E-state index in [0.29, 0.717) is 37.7 Å². The van der Waals surface area contributed by atoms with Crippen molar-refractivity contribution in [3.63, 3.8) is 0 Å². The molecule has 0 amide bonds. The standard InChI is InChI=1S/C14H17F3N2O3/c15-14(16,17)12-4-3-11(13(10-12)19(20)21)2-1-5-18-6-8-22-9-7-18/h3-4,10H,1-2,5-9H2. The molecule has 2 rings (SSSR count). The number of alkyl halides is 3. The van der Waals surface area contributed by atoms with Crippen molar-refractivity contribution in [3.05, 3.63) is 39.4 Å². The molecule has 1 saturated heterocycles. The third kappa shape index (κ3) is 4.41. The van der Waals surface area contributed by atoms with E-state index < -0.39 is 22.4 Å². The minimum Gasteiger partial charge on any atom is -0.379 e. The molecule has 0 spiro atoms. The molecule has 1 heterocycles. The Morgan fingerprint density at radius 3 is 2.55 bits per heavy atom. The summed E-state index contributed by atoms with van der Waals surface area (Å²) in [5.74, 6) is 0. The van der Waals surface area contributed by atoms with Gasteiger partial charge in [-0.05, 0) is 25.5 Å². The quantitative estimate of drug-likeness (QED) is 0.619. The van der Waals surface area contributed by atoms with E-state index in [4.69, 9.17) is 4.74 Å². The molecule has 8 heteroatoms. The summed E-state index contributed by atoms with van der Waals surface area (Å²) >= 11 is 0. The zero-order valence-corrected chi connectivity index (χ0v) is 11.9. The second-order valence-electron chi connectivity index (χ2n) is 5.16. The molecule has 1 fully saturated rings. The predicted octanol–water partition coefficient (Wildman–Crippen LogP) is 2.88. The van der Waals surface area contributed by atoms with Crippen LogP contribution in [0.2, 0.25) is 0 Å². The van der Waals surface area contributed by atoms with Gasteiger partial charge in [-0.2, -0.15) is 13.2 Å². The van der Waals surface area contributed by atoms with Crippen molar-refractivity contribution < 1.29 is 22.8 Å². The lowest BCUT2D eigenvalue weighted by molar-refractivity contribution is -0.385. The van der Waals surface area contributed by atoms with E-state index in [1.165, 1.54) is 6.07 Å². The SMILES string of the molecule is O=[N+]([O-])c1cc(C(F)(F)F)ccc1CCCN1CCOCC1. The maximum absolute atomic E-state index is 12.6. The van der Waals surface area contributed by atoms with E-state index in [0.717, 1.165) is 25.7 Å². The Morgan fingerprint density at radius 1 is 1.27 bits per heavy atom. The molecule has 122 valence electrons. The topological polar surface area (TPSA) is 55.6 Å². The Bertz CT molecular complexity index is 529. The highest BCUT2D eigenvalue weighted by molar-refractivity contribution is 5.44. The highest BCUT2D eigenvalue weighted by Gasteiger charge is 2.32. The minimum atomic E-state index is -4.57. The van der Waals surface area contributed by atoms with Crippen molar-refractivity contribution in [1.29, 1.82) is 0 Å². The molecular weight excluding hydrogens is 301 g/mol. The van der Waals surface area contributed by atoms with Gasteiger partial charge in [0.1, 0.15) is 0 Å². The Kier molecular flexibility index (Phi) is 5.36. The largest absolute Gasteiger partial charge is 0.416 e. The first kappa shape index (κ1) is 16.7. The van der Waals surface area contributed by atoms with Crippen LogP contribution < -0.4 is 0 Å². The molecule has 1 aliphatic rings. The highest BCUT2D eigenvalue weighted by atomic mass is 19.4. The first-order valence-corrected chi connectivity index (χ1v) is 7.02. The summed E-state index contributed by atoms with van der Waals surface area (Å²) in [5.41, 5.74) is -1.11. The number of aryl methyl sites for hydroxylation is 1. The smallest absolute Gasteiger partial charge is 0.379 e. The first-order valence-electron chi connectivity index (χ1n) is 7.02. The zero-order valence-electron chi connectivity index (χ0n) is 11.9. The van der Waals surface area contributed by atoms with Crippen LogP contribution in [0.25, 0.3) is 0 Å². The van der Waals surface area contributed by atoms with E-state index in [-0.39, 0.29) is 0 Å². The van der Waals surface area contributed by atoms with Gasteiger partial charge in [0.15, 0.2) is 0 Å². The number of hydrogen-bond donors (Lipinski definition) is 0. The van der Waals surface area contributed by atoms with Crippen LogP contribution in [0.5, 0.6) is 0 Å². The van der Waals surface area contributed by atoms with Crippen LogP contribution in [-0.2, 0) is 17.3 Å². The number of nitro benzene ring substituents is 1. The second-order valence-corrected chi connectivity index (χ2v) is 5.16. The molecule has 0 N–H and O–H groups in total. The van der Waals surface area contributed by atoms with Gasteiger partial charge in [-0.25, -0.2) is 0 Å². The Balaban J connectivity index is 2.01. The van der Waals surface area contributed by atoms with Crippen LogP contribution in [0.3, 0.4) is 0 Å². The fourth-order valence-corrected chi connectivity index (χ4v) is 2.44. The summed E-state index contributed by atoms with van der Waals surface area (Å²) in [6.07, 6.45) is -3.53. The van der Waals surface area contributed by atoms with E-state index in [1.54, 1.807) is 0 Å². The van der Waals surface area contributed by atoms with Gasteiger partial charge in [-0.3, -0.25) is 15.0 Å². The molecule has 0 unspecified atom stereocenters. The van der Waals surface area contributed by atoms with Gasteiger partial charge in [0, 0.05) is 24.7 Å². The fraction of sp³-hybridized carbons (Fsp3) is 0.571. The summed E-state index contributed by atoms with van der Waals surface area (Å²) in [6.45, 7) is 3.71. The number of morpholine rings is 1. The molecule has 5 nitrogen and oxygen atoms in total. The number of halogens is 3. The number of ether oxygens (including phenoxy) is 1. The summed E-state index contributed by atoms with van der Waals surface area (Å²) < 4.78 is 43.1. The number of benzene rings is 1. The zero-order chi connectivity index (χ0) is 16.2. The molecule has 22 heavy (non-hydrogen) atoms. The summed E-state index contributed by atoms with van der Waals surface area (Å²) in [6, 6.07) is 2.72. The van der Waals surface area contributed by atoms with Crippen molar-refractivity contribution in [2.24, 2.45) is 0 Å². The lowest BCUT2D eigenvalue weighted by Gasteiger charge is -2.26. The Morgan fingerprint density at radius 2 is 1.95 bits per heavy atom. The number of nitrogens with zero attached hydrogens (tertiary/aromatic N) is 2. The molecule has 0 saturated carbocycles. The van der Waals surface area contributed by atoms with Gasteiger partial charge >= 0.3 is 6.18 Å². The van der Waals surface area contributed by atoms with Crippen molar-refractivity contribution in [1.82, 2.24) is 4.90 Å². The molecule has 0 radical (unpaired) electrons. The molecule has 1 aliphatic heterocycles. The average Bonchev–Trinajstić information content (AvgIpc) is 2.47. The van der Waals surface area contributed by atoms with Gasteiger partial charge < -0.3 is 4.74 Å². The highest BCUT2D eigenvalue weighted by Crippen LogP contribution is 2.33. The van der Waals surface area contributed by atoms with E-state index in [2.05, 4.69) is 4.90 Å². The van der Waals surface area contributed by atoms with Crippen LogP contribution in [0.4, 0.5) is 18.9 Å². The first-order chi connectivity index (χ1) is 10.4. The maximum Gasteiger partial charge on any atom is 0.416 e. The van der Waals surface area contributed by atoms with Gasteiger partial charge in [-0.15, -0.1) is 0 Å². The molecule has 1 aromatic rings. The summed E-state index contributed by atoms with van der Waals surface area (Å²) in [5, 5.41) is 11.0. The summed E-state index contributed by atoms with van der Waals surface area (Å²) in [4.78, 5) is 12.4. The van der Waals surface area contributed by atoms with Crippen LogP contribution in [0, 0.1) is 10.1 Å². The van der Waals surface area contributed by atoms with E-state index in [9.17, 15) is 23.3 Å². The van der Waals surface area contributed by atoms with Crippen molar-refractivity contribution in [2.75, 3.05) is 32.8 Å². The normalized spacial score (nSPS) is 16.7. The third-order valence-electron chi connectivity index (χ3n) is 3.63.